The summed E-state index contributed by atoms with van der Waals surface area (Å²) in [7, 11) is 0. The van der Waals surface area contributed by atoms with Crippen molar-refractivity contribution in [2.75, 3.05) is 13.1 Å². The lowest BCUT2D eigenvalue weighted by Crippen LogP contribution is -2.25. The highest BCUT2D eigenvalue weighted by Crippen LogP contribution is 2.25. The van der Waals surface area contributed by atoms with Gasteiger partial charge in [0.1, 0.15) is 5.70 Å². The first-order valence-corrected chi connectivity index (χ1v) is 4.14. The van der Waals surface area contributed by atoms with E-state index in [1.54, 1.807) is 6.08 Å². The molecule has 1 fully saturated rings. The molecule has 0 aliphatic carbocycles. The first kappa shape index (κ1) is 8.55. The van der Waals surface area contributed by atoms with Gasteiger partial charge in [0.2, 0.25) is 0 Å². The summed E-state index contributed by atoms with van der Waals surface area (Å²) >= 11 is 5.89. The Bertz CT molecular complexity index is 324. The van der Waals surface area contributed by atoms with E-state index in [9.17, 15) is 4.79 Å². The number of nitrogens with two attached hydrogens (primary N) is 1. The second kappa shape index (κ2) is 3.02. The largest absolute Gasteiger partial charge is 0.326 e. The number of nitrogens with one attached hydrogen (secondary N) is 1. The van der Waals surface area contributed by atoms with Crippen LogP contribution in [-0.4, -0.2) is 24.1 Å². The molecule has 0 spiro atoms. The number of nitrogens with zero attached hydrogens (tertiary/aromatic N) is 1. The molecule has 0 radical (unpaired) electrons. The van der Waals surface area contributed by atoms with E-state index in [2.05, 4.69) is 5.48 Å². The second-order valence-corrected chi connectivity index (χ2v) is 3.18. The molecule has 2 aliphatic heterocycles. The molecule has 1 saturated heterocycles. The van der Waals surface area contributed by atoms with Crippen molar-refractivity contribution < 1.29 is 9.73 Å². The van der Waals surface area contributed by atoms with Crippen molar-refractivity contribution >= 4 is 17.5 Å². The van der Waals surface area contributed by atoms with E-state index in [0.717, 1.165) is 5.57 Å². The van der Waals surface area contributed by atoms with Crippen molar-refractivity contribution in [1.82, 2.24) is 10.5 Å². The summed E-state index contributed by atoms with van der Waals surface area (Å²) in [5.74, 6) is -0.268. The topological polar surface area (TPSA) is 67.6 Å². The van der Waals surface area contributed by atoms with Gasteiger partial charge in [-0.1, -0.05) is 11.6 Å². The molecule has 2 heterocycles. The summed E-state index contributed by atoms with van der Waals surface area (Å²) in [4.78, 5) is 16.0. The summed E-state index contributed by atoms with van der Waals surface area (Å²) in [6.45, 7) is 0.683. The van der Waals surface area contributed by atoms with Gasteiger partial charge >= 0.3 is 0 Å². The number of amides is 1. The maximum absolute atomic E-state index is 11.1. The SMILES string of the molecule is NCC1=C(Cl)CN2ONC(=O)C2=C1. The molecule has 6 heteroatoms. The molecular formula is C7H8ClN3O2. The van der Waals surface area contributed by atoms with Crippen LogP contribution in [0.2, 0.25) is 0 Å². The van der Waals surface area contributed by atoms with E-state index in [1.165, 1.54) is 5.06 Å². The normalized spacial score (nSPS) is 21.5. The molecule has 3 N–H and O–H groups in total. The van der Waals surface area contributed by atoms with Crippen LogP contribution in [0.4, 0.5) is 0 Å². The molecule has 70 valence electrons. The van der Waals surface area contributed by atoms with Crippen LogP contribution in [0, 0.1) is 0 Å². The third-order valence-electron chi connectivity index (χ3n) is 1.91. The lowest BCUT2D eigenvalue weighted by molar-refractivity contribution is -0.149. The van der Waals surface area contributed by atoms with Crippen molar-refractivity contribution in [1.29, 1.82) is 0 Å². The zero-order valence-electron chi connectivity index (χ0n) is 6.71. The first-order valence-electron chi connectivity index (χ1n) is 3.76. The highest BCUT2D eigenvalue weighted by Gasteiger charge is 2.30. The Hall–Kier alpha value is -1.04. The van der Waals surface area contributed by atoms with Crippen molar-refractivity contribution in [3.05, 3.63) is 22.4 Å². The van der Waals surface area contributed by atoms with E-state index in [4.69, 9.17) is 22.3 Å². The lowest BCUT2D eigenvalue weighted by Gasteiger charge is -2.19. The highest BCUT2D eigenvalue weighted by atomic mass is 35.5. The number of halogens is 1. The van der Waals surface area contributed by atoms with Crippen LogP contribution in [0.15, 0.2) is 22.4 Å². The average Bonchev–Trinajstić information content (AvgIpc) is 2.46. The van der Waals surface area contributed by atoms with Gasteiger partial charge in [-0.25, -0.2) is 10.5 Å². The molecule has 5 nitrogen and oxygen atoms in total. The Balaban J connectivity index is 2.35. The van der Waals surface area contributed by atoms with E-state index in [1.807, 2.05) is 0 Å². The number of hydrogen-bond acceptors (Lipinski definition) is 4. The fourth-order valence-corrected chi connectivity index (χ4v) is 1.45. The molecule has 0 saturated carbocycles. The molecule has 0 bridgehead atoms. The molecule has 0 atom stereocenters. The number of hydrogen-bond donors (Lipinski definition) is 2. The minimum atomic E-state index is -0.268. The highest BCUT2D eigenvalue weighted by molar-refractivity contribution is 6.30. The van der Waals surface area contributed by atoms with E-state index < -0.39 is 0 Å². The predicted molar refractivity (Wildman–Crippen MR) is 46.0 cm³/mol. The molecule has 0 aromatic carbocycles. The molecule has 0 unspecified atom stereocenters. The minimum Gasteiger partial charge on any atom is -0.326 e. The molecule has 2 aliphatic rings. The van der Waals surface area contributed by atoms with Crippen LogP contribution in [0.1, 0.15) is 0 Å². The lowest BCUT2D eigenvalue weighted by atomic mass is 10.1. The molecule has 2 rings (SSSR count). The predicted octanol–water partition coefficient (Wildman–Crippen LogP) is -0.386. The van der Waals surface area contributed by atoms with Crippen LogP contribution < -0.4 is 11.2 Å². The number of carbonyl (C=O) groups excluding carboxylic acids is 1. The number of rotatable bonds is 1. The summed E-state index contributed by atoms with van der Waals surface area (Å²) in [5, 5.41) is 1.99. The minimum absolute atomic E-state index is 0.268. The zero-order chi connectivity index (χ0) is 9.42. The van der Waals surface area contributed by atoms with Gasteiger partial charge in [0, 0.05) is 11.6 Å². The van der Waals surface area contributed by atoms with Crippen LogP contribution in [0.25, 0.3) is 0 Å². The summed E-state index contributed by atoms with van der Waals surface area (Å²) < 4.78 is 0. The second-order valence-electron chi connectivity index (χ2n) is 2.72. The van der Waals surface area contributed by atoms with Crippen LogP contribution in [-0.2, 0) is 9.73 Å². The van der Waals surface area contributed by atoms with Crippen LogP contribution in [0.3, 0.4) is 0 Å². The number of carbonyl (C=O) groups is 1. The zero-order valence-corrected chi connectivity index (χ0v) is 7.47. The fourth-order valence-electron chi connectivity index (χ4n) is 1.21. The average molecular weight is 202 g/mol. The third kappa shape index (κ3) is 1.31. The van der Waals surface area contributed by atoms with Crippen molar-refractivity contribution in [2.24, 2.45) is 5.73 Å². The molecule has 0 aromatic rings. The van der Waals surface area contributed by atoms with Crippen LogP contribution in [0.5, 0.6) is 0 Å². The molecule has 13 heavy (non-hydrogen) atoms. The van der Waals surface area contributed by atoms with Crippen LogP contribution >= 0.6 is 11.6 Å². The molecular weight excluding hydrogens is 194 g/mol. The van der Waals surface area contributed by atoms with Gasteiger partial charge in [0.05, 0.1) is 6.54 Å². The van der Waals surface area contributed by atoms with Gasteiger partial charge in [-0.05, 0) is 11.6 Å². The Morgan fingerprint density at radius 2 is 2.54 bits per heavy atom. The van der Waals surface area contributed by atoms with Gasteiger partial charge in [0.25, 0.3) is 5.91 Å². The van der Waals surface area contributed by atoms with Crippen molar-refractivity contribution in [3.8, 4) is 0 Å². The number of hydroxylamine groups is 3. The van der Waals surface area contributed by atoms with E-state index in [-0.39, 0.29) is 5.91 Å². The molecule has 1 amide bonds. The monoisotopic (exact) mass is 201 g/mol. The van der Waals surface area contributed by atoms with E-state index in [0.29, 0.717) is 23.8 Å². The van der Waals surface area contributed by atoms with Gasteiger partial charge < -0.3 is 5.73 Å². The summed E-state index contributed by atoms with van der Waals surface area (Å²) in [6, 6.07) is 0. The Kier molecular flexibility index (Phi) is 1.99. The maximum atomic E-state index is 11.1. The molecule has 0 aromatic heterocycles. The van der Waals surface area contributed by atoms with Crippen molar-refractivity contribution in [3.63, 3.8) is 0 Å². The number of fused-ring (bicyclic) bond motifs is 1. The van der Waals surface area contributed by atoms with Gasteiger partial charge in [-0.15, -0.1) is 0 Å². The van der Waals surface area contributed by atoms with Gasteiger partial charge in [-0.3, -0.25) is 4.79 Å². The van der Waals surface area contributed by atoms with Crippen molar-refractivity contribution in [2.45, 2.75) is 0 Å². The first-order chi connectivity index (χ1) is 6.22. The quantitative estimate of drug-likeness (QED) is 0.607. The summed E-state index contributed by atoms with van der Waals surface area (Å²) in [5.41, 5.74) is 8.88. The van der Waals surface area contributed by atoms with E-state index >= 15 is 0 Å². The van der Waals surface area contributed by atoms with Gasteiger partial charge in [-0.2, -0.15) is 4.94 Å². The fraction of sp³-hybridized carbons (Fsp3) is 0.286. The summed E-state index contributed by atoms with van der Waals surface area (Å²) in [6.07, 6.45) is 1.63. The standard InChI is InChI=1S/C7H8ClN3O2/c8-5-3-11-6(1-4(5)2-9)7(12)10-13-11/h1H,2-3,9H2,(H,10,12). The Morgan fingerprint density at radius 1 is 1.77 bits per heavy atom. The Morgan fingerprint density at radius 3 is 3.23 bits per heavy atom. The third-order valence-corrected chi connectivity index (χ3v) is 2.27. The smallest absolute Gasteiger partial charge is 0.295 e. The Labute approximate surface area is 79.7 Å². The van der Waals surface area contributed by atoms with Gasteiger partial charge in [0.15, 0.2) is 0 Å². The maximum Gasteiger partial charge on any atom is 0.295 e.